The van der Waals surface area contributed by atoms with Crippen molar-refractivity contribution < 1.29 is 34.7 Å². The first kappa shape index (κ1) is 13.0. The van der Waals surface area contributed by atoms with Gasteiger partial charge in [-0.1, -0.05) is 44.0 Å². The van der Waals surface area contributed by atoms with Gasteiger partial charge in [-0.3, -0.25) is 0 Å². The summed E-state index contributed by atoms with van der Waals surface area (Å²) >= 11 is 0. The number of benzene rings is 1. The number of aryl methyl sites for hydroxylation is 1. The van der Waals surface area contributed by atoms with Gasteiger partial charge in [-0.2, -0.15) is 0 Å². The average Bonchev–Trinajstić information content (AvgIpc) is 2.09. The number of unbranched alkanes of at least 4 members (excludes halogenated alkanes) is 2. The van der Waals surface area contributed by atoms with E-state index in [2.05, 4.69) is 6.92 Å². The standard InChI is InChI=1S/C11H16O.Na/c1-2-3-4-5-10-6-8-11(12)9-7-10;/h6-9,12H,2-5H2,1H3;/q;+1/p-1. The fraction of sp³-hybridized carbons (Fsp3) is 0.455. The van der Waals surface area contributed by atoms with Gasteiger partial charge in [0.1, 0.15) is 0 Å². The molecule has 0 bridgehead atoms. The van der Waals surface area contributed by atoms with Crippen molar-refractivity contribution in [3.8, 4) is 5.75 Å². The van der Waals surface area contributed by atoms with E-state index in [0.717, 1.165) is 6.42 Å². The maximum Gasteiger partial charge on any atom is 1.00 e. The van der Waals surface area contributed by atoms with Crippen LogP contribution in [0.2, 0.25) is 0 Å². The zero-order valence-corrected chi connectivity index (χ0v) is 10.5. The molecule has 0 heterocycles. The van der Waals surface area contributed by atoms with Crippen LogP contribution in [0.1, 0.15) is 31.7 Å². The first-order chi connectivity index (χ1) is 5.83. The van der Waals surface area contributed by atoms with Crippen LogP contribution >= 0.6 is 0 Å². The molecule has 1 nitrogen and oxygen atoms in total. The van der Waals surface area contributed by atoms with Crippen LogP contribution in [0.3, 0.4) is 0 Å². The Morgan fingerprint density at radius 1 is 1.08 bits per heavy atom. The Kier molecular flexibility index (Phi) is 7.44. The van der Waals surface area contributed by atoms with E-state index in [-0.39, 0.29) is 35.3 Å². The predicted molar refractivity (Wildman–Crippen MR) is 49.1 cm³/mol. The summed E-state index contributed by atoms with van der Waals surface area (Å²) in [5.41, 5.74) is 1.28. The van der Waals surface area contributed by atoms with Crippen LogP contribution in [0.15, 0.2) is 24.3 Å². The van der Waals surface area contributed by atoms with E-state index < -0.39 is 0 Å². The van der Waals surface area contributed by atoms with Gasteiger partial charge >= 0.3 is 29.6 Å². The molecular formula is C11H15NaO. The van der Waals surface area contributed by atoms with Gasteiger partial charge in [0.05, 0.1) is 0 Å². The van der Waals surface area contributed by atoms with E-state index in [4.69, 9.17) is 0 Å². The largest absolute Gasteiger partial charge is 1.00 e. The van der Waals surface area contributed by atoms with Gasteiger partial charge in [0.2, 0.25) is 0 Å². The van der Waals surface area contributed by atoms with Crippen molar-refractivity contribution >= 4 is 0 Å². The SMILES string of the molecule is CCCCCc1ccc([O-])cc1.[Na+]. The quantitative estimate of drug-likeness (QED) is 0.459. The summed E-state index contributed by atoms with van der Waals surface area (Å²) in [7, 11) is 0. The van der Waals surface area contributed by atoms with Crippen molar-refractivity contribution in [1.29, 1.82) is 0 Å². The third-order valence-corrected chi connectivity index (χ3v) is 1.99. The third-order valence-electron chi connectivity index (χ3n) is 1.99. The average molecular weight is 186 g/mol. The van der Waals surface area contributed by atoms with Crippen LogP contribution in [-0.2, 0) is 6.42 Å². The van der Waals surface area contributed by atoms with Crippen molar-refractivity contribution in [3.63, 3.8) is 0 Å². The molecule has 0 radical (unpaired) electrons. The molecule has 66 valence electrons. The summed E-state index contributed by atoms with van der Waals surface area (Å²) in [5, 5.41) is 10.8. The molecule has 0 atom stereocenters. The van der Waals surface area contributed by atoms with Gasteiger partial charge in [0, 0.05) is 0 Å². The van der Waals surface area contributed by atoms with Crippen LogP contribution in [0.25, 0.3) is 0 Å². The zero-order chi connectivity index (χ0) is 8.81. The number of hydrogen-bond acceptors (Lipinski definition) is 1. The number of rotatable bonds is 4. The molecule has 0 aliphatic rings. The van der Waals surface area contributed by atoms with E-state index in [1.807, 2.05) is 12.1 Å². The van der Waals surface area contributed by atoms with E-state index in [0.29, 0.717) is 0 Å². The molecule has 0 N–H and O–H groups in total. The minimum Gasteiger partial charge on any atom is -0.872 e. The summed E-state index contributed by atoms with van der Waals surface area (Å²) in [4.78, 5) is 0. The number of hydrogen-bond donors (Lipinski definition) is 0. The second-order valence-electron chi connectivity index (χ2n) is 3.10. The Labute approximate surface area is 102 Å². The Balaban J connectivity index is 0.00000144. The fourth-order valence-corrected chi connectivity index (χ4v) is 1.24. The summed E-state index contributed by atoms with van der Waals surface area (Å²) in [5.74, 6) is 0.106. The molecule has 0 aliphatic carbocycles. The van der Waals surface area contributed by atoms with Gasteiger partial charge in [-0.15, -0.1) is 5.75 Å². The minimum absolute atomic E-state index is 0. The maximum absolute atomic E-state index is 10.8. The minimum atomic E-state index is 0. The normalized spacial score (nSPS) is 9.31. The van der Waals surface area contributed by atoms with Crippen molar-refractivity contribution in [2.75, 3.05) is 0 Å². The summed E-state index contributed by atoms with van der Waals surface area (Å²) in [6.45, 7) is 2.20. The third kappa shape index (κ3) is 5.35. The van der Waals surface area contributed by atoms with Crippen LogP contribution < -0.4 is 34.7 Å². The predicted octanol–water partition coefficient (Wildman–Crippen LogP) is -0.503. The first-order valence-electron chi connectivity index (χ1n) is 4.59. The second kappa shape index (κ2) is 7.43. The van der Waals surface area contributed by atoms with Gasteiger partial charge in [0.25, 0.3) is 0 Å². The molecule has 0 spiro atoms. The van der Waals surface area contributed by atoms with Crippen LogP contribution in [0, 0.1) is 0 Å². The van der Waals surface area contributed by atoms with E-state index in [9.17, 15) is 5.11 Å². The summed E-state index contributed by atoms with van der Waals surface area (Å²) in [6.07, 6.45) is 4.86. The molecule has 0 saturated carbocycles. The molecule has 0 aromatic heterocycles. The molecule has 0 saturated heterocycles. The Bertz CT molecular complexity index is 218. The van der Waals surface area contributed by atoms with Gasteiger partial charge in [-0.05, 0) is 18.4 Å². The van der Waals surface area contributed by atoms with E-state index >= 15 is 0 Å². The van der Waals surface area contributed by atoms with Gasteiger partial charge in [-0.25, -0.2) is 0 Å². The molecule has 1 aromatic rings. The monoisotopic (exact) mass is 186 g/mol. The molecule has 2 heteroatoms. The topological polar surface area (TPSA) is 23.1 Å². The van der Waals surface area contributed by atoms with Crippen molar-refractivity contribution in [2.24, 2.45) is 0 Å². The van der Waals surface area contributed by atoms with Crippen molar-refractivity contribution in [3.05, 3.63) is 29.8 Å². The smallest absolute Gasteiger partial charge is 0.872 e. The molecule has 0 fully saturated rings. The van der Waals surface area contributed by atoms with E-state index in [1.54, 1.807) is 12.1 Å². The molecule has 0 unspecified atom stereocenters. The Hall–Kier alpha value is 0.0200. The van der Waals surface area contributed by atoms with Crippen molar-refractivity contribution in [1.82, 2.24) is 0 Å². The fourth-order valence-electron chi connectivity index (χ4n) is 1.24. The summed E-state index contributed by atoms with van der Waals surface area (Å²) < 4.78 is 0. The molecule has 1 aromatic carbocycles. The van der Waals surface area contributed by atoms with Crippen LogP contribution in [0.4, 0.5) is 0 Å². The first-order valence-corrected chi connectivity index (χ1v) is 4.59. The second-order valence-corrected chi connectivity index (χ2v) is 3.10. The molecule has 0 aliphatic heterocycles. The van der Waals surface area contributed by atoms with Crippen molar-refractivity contribution in [2.45, 2.75) is 32.6 Å². The van der Waals surface area contributed by atoms with Crippen LogP contribution in [-0.4, -0.2) is 0 Å². The summed E-state index contributed by atoms with van der Waals surface area (Å²) in [6, 6.07) is 7.14. The molecule has 13 heavy (non-hydrogen) atoms. The van der Waals surface area contributed by atoms with Gasteiger partial charge in [0.15, 0.2) is 0 Å². The molecule has 1 rings (SSSR count). The Morgan fingerprint density at radius 3 is 2.23 bits per heavy atom. The maximum atomic E-state index is 10.8. The molecular weight excluding hydrogens is 171 g/mol. The van der Waals surface area contributed by atoms with Gasteiger partial charge < -0.3 is 5.11 Å². The zero-order valence-electron chi connectivity index (χ0n) is 8.55. The molecule has 0 amide bonds. The Morgan fingerprint density at radius 2 is 1.69 bits per heavy atom. The van der Waals surface area contributed by atoms with E-state index in [1.165, 1.54) is 24.8 Å². The van der Waals surface area contributed by atoms with Crippen LogP contribution in [0.5, 0.6) is 5.75 Å².